The molecule has 0 aliphatic rings. The van der Waals surface area contributed by atoms with Crippen LogP contribution < -0.4 is 10.5 Å². The van der Waals surface area contributed by atoms with E-state index in [9.17, 15) is 9.59 Å². The second-order valence-electron chi connectivity index (χ2n) is 6.03. The Labute approximate surface area is 147 Å². The number of nitrogens with zero attached hydrogens (tertiary/aromatic N) is 1. The molecule has 0 aliphatic heterocycles. The molecular formula is C19H24N2O4. The highest BCUT2D eigenvalue weighted by Gasteiger charge is 2.19. The number of benzene rings is 1. The number of aryl methyl sites for hydroxylation is 1. The maximum Gasteiger partial charge on any atom is 0.252 e. The molecule has 0 radical (unpaired) electrons. The number of para-hydroxylation sites is 1. The molecule has 134 valence electrons. The van der Waals surface area contributed by atoms with Gasteiger partial charge in [-0.25, -0.2) is 0 Å². The van der Waals surface area contributed by atoms with Gasteiger partial charge in [0.2, 0.25) is 5.78 Å². The lowest BCUT2D eigenvalue weighted by Gasteiger charge is -2.17. The van der Waals surface area contributed by atoms with Gasteiger partial charge in [-0.05, 0) is 39.0 Å². The monoisotopic (exact) mass is 344 g/mol. The number of Topliss-reactive ketones (excluding diaryl/α,β-unsaturated/α-hetero) is 1. The molecule has 0 saturated carbocycles. The van der Waals surface area contributed by atoms with E-state index in [0.717, 1.165) is 11.4 Å². The summed E-state index contributed by atoms with van der Waals surface area (Å²) in [6, 6.07) is 8.60. The van der Waals surface area contributed by atoms with Crippen molar-refractivity contribution < 1.29 is 19.1 Å². The summed E-state index contributed by atoms with van der Waals surface area (Å²) in [5.41, 5.74) is 8.05. The molecule has 0 aliphatic carbocycles. The van der Waals surface area contributed by atoms with E-state index in [2.05, 4.69) is 4.57 Å². The number of amides is 1. The van der Waals surface area contributed by atoms with Gasteiger partial charge in [0.25, 0.3) is 5.91 Å². The molecule has 1 atom stereocenters. The standard InChI is InChI=1S/C19H24N2O4/c1-12-9-16(14(3)21(12)13(2)10-24-4)17(22)11-25-18-8-6-5-7-15(18)19(20)23/h5-9,13H,10-11H2,1-4H3,(H2,20,23). The first-order chi connectivity index (χ1) is 11.9. The second kappa shape index (κ2) is 7.98. The number of hydrogen-bond acceptors (Lipinski definition) is 4. The van der Waals surface area contributed by atoms with Crippen LogP contribution in [0.3, 0.4) is 0 Å². The molecule has 1 aromatic heterocycles. The molecule has 0 bridgehead atoms. The Balaban J connectivity index is 2.17. The number of ether oxygens (including phenoxy) is 2. The van der Waals surface area contributed by atoms with Crippen molar-refractivity contribution in [3.63, 3.8) is 0 Å². The van der Waals surface area contributed by atoms with E-state index in [1.807, 2.05) is 26.8 Å². The van der Waals surface area contributed by atoms with Crippen molar-refractivity contribution in [2.75, 3.05) is 20.3 Å². The van der Waals surface area contributed by atoms with Gasteiger partial charge in [-0.15, -0.1) is 0 Å². The van der Waals surface area contributed by atoms with Crippen LogP contribution in [-0.4, -0.2) is 36.6 Å². The molecule has 1 unspecified atom stereocenters. The largest absolute Gasteiger partial charge is 0.485 e. The minimum atomic E-state index is -0.588. The van der Waals surface area contributed by atoms with Crippen LogP contribution in [0, 0.1) is 13.8 Å². The van der Waals surface area contributed by atoms with Crippen molar-refractivity contribution in [3.05, 3.63) is 52.8 Å². The minimum absolute atomic E-state index is 0.128. The Kier molecular flexibility index (Phi) is 5.98. The molecule has 6 heteroatoms. The molecule has 1 aromatic carbocycles. The summed E-state index contributed by atoms with van der Waals surface area (Å²) in [5.74, 6) is -0.428. The van der Waals surface area contributed by atoms with Crippen LogP contribution in [0.25, 0.3) is 0 Å². The number of rotatable bonds is 8. The van der Waals surface area contributed by atoms with Gasteiger partial charge < -0.3 is 19.8 Å². The van der Waals surface area contributed by atoms with Crippen LogP contribution in [0.1, 0.15) is 45.1 Å². The van der Waals surface area contributed by atoms with Crippen LogP contribution in [0.15, 0.2) is 30.3 Å². The fourth-order valence-electron chi connectivity index (χ4n) is 3.07. The summed E-state index contributed by atoms with van der Waals surface area (Å²) in [5, 5.41) is 0. The Morgan fingerprint density at radius 2 is 1.88 bits per heavy atom. The molecule has 25 heavy (non-hydrogen) atoms. The lowest BCUT2D eigenvalue weighted by molar-refractivity contribution is 0.0911. The van der Waals surface area contributed by atoms with Gasteiger partial charge in [0.05, 0.1) is 18.2 Å². The zero-order valence-corrected chi connectivity index (χ0v) is 15.0. The molecule has 1 amide bonds. The number of carbonyl (C=O) groups excluding carboxylic acids is 2. The maximum atomic E-state index is 12.6. The van der Waals surface area contributed by atoms with E-state index < -0.39 is 5.91 Å². The highest BCUT2D eigenvalue weighted by molar-refractivity contribution is 5.99. The molecule has 0 fully saturated rings. The molecule has 0 spiro atoms. The van der Waals surface area contributed by atoms with Crippen molar-refractivity contribution in [3.8, 4) is 5.75 Å². The van der Waals surface area contributed by atoms with Gasteiger partial charge in [-0.1, -0.05) is 12.1 Å². The third-order valence-corrected chi connectivity index (χ3v) is 4.14. The average Bonchev–Trinajstić information content (AvgIpc) is 2.87. The van der Waals surface area contributed by atoms with Crippen LogP contribution in [0.5, 0.6) is 5.75 Å². The highest BCUT2D eigenvalue weighted by atomic mass is 16.5. The molecule has 2 aromatic rings. The van der Waals surface area contributed by atoms with Gasteiger partial charge in [-0.3, -0.25) is 9.59 Å². The number of nitrogens with two attached hydrogens (primary N) is 1. The number of methoxy groups -OCH3 is 1. The summed E-state index contributed by atoms with van der Waals surface area (Å²) >= 11 is 0. The fourth-order valence-corrected chi connectivity index (χ4v) is 3.07. The van der Waals surface area contributed by atoms with E-state index in [1.165, 1.54) is 0 Å². The summed E-state index contributed by atoms with van der Waals surface area (Å²) in [7, 11) is 1.65. The zero-order valence-electron chi connectivity index (χ0n) is 15.0. The van der Waals surface area contributed by atoms with Crippen molar-refractivity contribution in [2.45, 2.75) is 26.8 Å². The number of hydrogen-bond donors (Lipinski definition) is 1. The first-order valence-electron chi connectivity index (χ1n) is 8.09. The van der Waals surface area contributed by atoms with Crippen molar-refractivity contribution in [1.29, 1.82) is 0 Å². The van der Waals surface area contributed by atoms with Gasteiger partial charge in [0.1, 0.15) is 5.75 Å². The quantitative estimate of drug-likeness (QED) is 0.746. The van der Waals surface area contributed by atoms with Gasteiger partial charge in [0, 0.05) is 24.1 Å². The van der Waals surface area contributed by atoms with Gasteiger partial charge >= 0.3 is 0 Å². The third-order valence-electron chi connectivity index (χ3n) is 4.14. The van der Waals surface area contributed by atoms with E-state index >= 15 is 0 Å². The number of carbonyl (C=O) groups is 2. The third kappa shape index (κ3) is 4.09. The normalized spacial score (nSPS) is 12.0. The van der Waals surface area contributed by atoms with Gasteiger partial charge in [-0.2, -0.15) is 0 Å². The predicted octanol–water partition coefficient (Wildman–Crippen LogP) is 2.67. The molecular weight excluding hydrogens is 320 g/mol. The van der Waals surface area contributed by atoms with Crippen LogP contribution in [0.2, 0.25) is 0 Å². The second-order valence-corrected chi connectivity index (χ2v) is 6.03. The van der Waals surface area contributed by atoms with E-state index in [4.69, 9.17) is 15.2 Å². The van der Waals surface area contributed by atoms with Crippen molar-refractivity contribution in [1.82, 2.24) is 4.57 Å². The molecule has 0 saturated heterocycles. The highest BCUT2D eigenvalue weighted by Crippen LogP contribution is 2.22. The predicted molar refractivity (Wildman–Crippen MR) is 95.3 cm³/mol. The molecule has 2 N–H and O–H groups in total. The number of aromatic nitrogens is 1. The van der Waals surface area contributed by atoms with Crippen molar-refractivity contribution >= 4 is 11.7 Å². The van der Waals surface area contributed by atoms with Crippen molar-refractivity contribution in [2.24, 2.45) is 5.73 Å². The Hall–Kier alpha value is -2.60. The maximum absolute atomic E-state index is 12.6. The molecule has 1 heterocycles. The lowest BCUT2D eigenvalue weighted by Crippen LogP contribution is -2.18. The van der Waals surface area contributed by atoms with Gasteiger partial charge in [0.15, 0.2) is 6.61 Å². The summed E-state index contributed by atoms with van der Waals surface area (Å²) in [4.78, 5) is 24.0. The average molecular weight is 344 g/mol. The van der Waals surface area contributed by atoms with E-state index in [-0.39, 0.29) is 24.0 Å². The Morgan fingerprint density at radius 3 is 2.52 bits per heavy atom. The number of ketones is 1. The first-order valence-corrected chi connectivity index (χ1v) is 8.09. The topological polar surface area (TPSA) is 83.6 Å². The first kappa shape index (κ1) is 18.7. The Bertz CT molecular complexity index is 780. The zero-order chi connectivity index (χ0) is 18.6. The van der Waals surface area contributed by atoms with Crippen LogP contribution >= 0.6 is 0 Å². The minimum Gasteiger partial charge on any atom is -0.485 e. The fraction of sp³-hybridized carbons (Fsp3) is 0.368. The van der Waals surface area contributed by atoms with E-state index in [0.29, 0.717) is 17.9 Å². The summed E-state index contributed by atoms with van der Waals surface area (Å²) < 4.78 is 12.8. The smallest absolute Gasteiger partial charge is 0.252 e. The number of primary amides is 1. The van der Waals surface area contributed by atoms with Crippen LogP contribution in [0.4, 0.5) is 0 Å². The Morgan fingerprint density at radius 1 is 1.20 bits per heavy atom. The summed E-state index contributed by atoms with van der Waals surface area (Å²) in [6.07, 6.45) is 0. The SMILES string of the molecule is COCC(C)n1c(C)cc(C(=O)COc2ccccc2C(N)=O)c1C. The molecule has 6 nitrogen and oxygen atoms in total. The lowest BCUT2D eigenvalue weighted by atomic mass is 10.1. The molecule has 2 rings (SSSR count). The van der Waals surface area contributed by atoms with Crippen LogP contribution in [-0.2, 0) is 4.74 Å². The summed E-state index contributed by atoms with van der Waals surface area (Å²) in [6.45, 7) is 6.31. The van der Waals surface area contributed by atoms with E-state index in [1.54, 1.807) is 31.4 Å².